The topological polar surface area (TPSA) is 0 Å². The highest BCUT2D eigenvalue weighted by molar-refractivity contribution is 9.09. The Labute approximate surface area is 76.7 Å². The second kappa shape index (κ2) is 3.42. The fourth-order valence-corrected chi connectivity index (χ4v) is 2.36. The molecule has 0 bridgehead atoms. The second-order valence-electron chi connectivity index (χ2n) is 4.43. The van der Waals surface area contributed by atoms with Crippen molar-refractivity contribution in [1.82, 2.24) is 0 Å². The van der Waals surface area contributed by atoms with Crippen molar-refractivity contribution in [3.05, 3.63) is 0 Å². The van der Waals surface area contributed by atoms with Crippen LogP contribution in [-0.4, -0.2) is 11.5 Å². The number of hydrogen-bond donors (Lipinski definition) is 0. The maximum Gasteiger partial charge on any atom is 0.110 e. The van der Waals surface area contributed by atoms with E-state index in [1.807, 2.05) is 0 Å². The van der Waals surface area contributed by atoms with Crippen molar-refractivity contribution in [3.8, 4) is 0 Å². The van der Waals surface area contributed by atoms with Gasteiger partial charge >= 0.3 is 0 Å². The van der Waals surface area contributed by atoms with Crippen molar-refractivity contribution in [2.45, 2.75) is 39.3 Å². The van der Waals surface area contributed by atoms with Crippen LogP contribution in [-0.2, 0) is 0 Å². The molecule has 1 fully saturated rings. The van der Waals surface area contributed by atoms with Crippen LogP contribution in [0.1, 0.15) is 33.1 Å². The van der Waals surface area contributed by atoms with Gasteiger partial charge in [0.15, 0.2) is 0 Å². The molecule has 0 nitrogen and oxygen atoms in total. The summed E-state index contributed by atoms with van der Waals surface area (Å²) in [5, 5.41) is 0.504. The molecule has 1 saturated carbocycles. The fourth-order valence-electron chi connectivity index (χ4n) is 2.09. The van der Waals surface area contributed by atoms with E-state index in [9.17, 15) is 4.39 Å². The van der Waals surface area contributed by atoms with E-state index in [0.717, 1.165) is 6.42 Å². The average Bonchev–Trinajstić information content (AvgIpc) is 1.83. The molecule has 0 heterocycles. The zero-order chi connectivity index (χ0) is 8.48. The molecule has 0 aromatic carbocycles. The van der Waals surface area contributed by atoms with Crippen LogP contribution in [0.5, 0.6) is 0 Å². The Balaban J connectivity index is 2.13. The summed E-state index contributed by atoms with van der Waals surface area (Å²) < 4.78 is 12.8. The minimum absolute atomic E-state index is 0.497. The van der Waals surface area contributed by atoms with Crippen molar-refractivity contribution in [3.63, 3.8) is 0 Å². The molecule has 1 aliphatic rings. The maximum absolute atomic E-state index is 12.8. The number of rotatable bonds is 3. The van der Waals surface area contributed by atoms with Crippen LogP contribution < -0.4 is 0 Å². The molecule has 0 N–H and O–H groups in total. The largest absolute Gasteiger partial charge is 0.247 e. The lowest BCUT2D eigenvalue weighted by molar-refractivity contribution is 0.0720. The molecule has 11 heavy (non-hydrogen) atoms. The standard InChI is InChI=1S/C9H16BrF/c1-9(2)4-7(5-9)3-8(11)6-10/h7-8H,3-6H2,1-2H3/t8-/m1/s1. The summed E-state index contributed by atoms with van der Waals surface area (Å²) in [6, 6.07) is 0. The Morgan fingerprint density at radius 1 is 1.55 bits per heavy atom. The van der Waals surface area contributed by atoms with Crippen molar-refractivity contribution < 1.29 is 4.39 Å². The lowest BCUT2D eigenvalue weighted by atomic mass is 9.63. The van der Waals surface area contributed by atoms with E-state index in [1.165, 1.54) is 12.8 Å². The van der Waals surface area contributed by atoms with E-state index in [1.54, 1.807) is 0 Å². The molecule has 0 radical (unpaired) electrons. The molecular weight excluding hydrogens is 207 g/mol. The molecule has 1 rings (SSSR count). The lowest BCUT2D eigenvalue weighted by Gasteiger charge is -2.43. The summed E-state index contributed by atoms with van der Waals surface area (Å²) in [5.41, 5.74) is 0.497. The Bertz CT molecular complexity index is 126. The first-order valence-corrected chi connectivity index (χ1v) is 5.36. The number of alkyl halides is 2. The van der Waals surface area contributed by atoms with Gasteiger partial charge < -0.3 is 0 Å². The third-order valence-electron chi connectivity index (χ3n) is 2.44. The molecule has 0 unspecified atom stereocenters. The third kappa shape index (κ3) is 2.73. The first-order chi connectivity index (χ1) is 5.03. The minimum Gasteiger partial charge on any atom is -0.247 e. The summed E-state index contributed by atoms with van der Waals surface area (Å²) in [7, 11) is 0. The smallest absolute Gasteiger partial charge is 0.110 e. The summed E-state index contributed by atoms with van der Waals surface area (Å²) in [6.45, 7) is 4.51. The number of hydrogen-bond acceptors (Lipinski definition) is 0. The fraction of sp³-hybridized carbons (Fsp3) is 1.00. The second-order valence-corrected chi connectivity index (χ2v) is 5.07. The average molecular weight is 223 g/mol. The zero-order valence-electron chi connectivity index (χ0n) is 7.24. The van der Waals surface area contributed by atoms with Crippen LogP contribution in [0.25, 0.3) is 0 Å². The van der Waals surface area contributed by atoms with Crippen molar-refractivity contribution in [1.29, 1.82) is 0 Å². The highest BCUT2D eigenvalue weighted by Crippen LogP contribution is 2.46. The molecule has 0 spiro atoms. The monoisotopic (exact) mass is 222 g/mol. The van der Waals surface area contributed by atoms with Crippen LogP contribution >= 0.6 is 15.9 Å². The van der Waals surface area contributed by atoms with Gasteiger partial charge in [0.1, 0.15) is 6.17 Å². The Hall–Kier alpha value is 0.410. The van der Waals surface area contributed by atoms with Crippen LogP contribution in [0, 0.1) is 11.3 Å². The van der Waals surface area contributed by atoms with Gasteiger partial charge in [-0.2, -0.15) is 0 Å². The summed E-state index contributed by atoms with van der Waals surface area (Å²) in [6.07, 6.45) is 2.55. The summed E-state index contributed by atoms with van der Waals surface area (Å²) in [4.78, 5) is 0. The quantitative estimate of drug-likeness (QED) is 0.642. The normalized spacial score (nSPS) is 26.2. The van der Waals surface area contributed by atoms with Gasteiger partial charge in [-0.25, -0.2) is 4.39 Å². The molecule has 0 aromatic heterocycles. The molecule has 1 atom stereocenters. The van der Waals surface area contributed by atoms with Crippen molar-refractivity contribution in [2.24, 2.45) is 11.3 Å². The van der Waals surface area contributed by atoms with Gasteiger partial charge in [-0.1, -0.05) is 29.8 Å². The zero-order valence-corrected chi connectivity index (χ0v) is 8.83. The predicted octanol–water partition coefficient (Wildman–Crippen LogP) is 3.55. The minimum atomic E-state index is -0.629. The Kier molecular flexibility index (Phi) is 2.96. The van der Waals surface area contributed by atoms with Gasteiger partial charge in [-0.3, -0.25) is 0 Å². The van der Waals surface area contributed by atoms with Gasteiger partial charge in [0, 0.05) is 5.33 Å². The molecule has 0 amide bonds. The van der Waals surface area contributed by atoms with Crippen LogP contribution in [0.15, 0.2) is 0 Å². The predicted molar refractivity (Wildman–Crippen MR) is 49.8 cm³/mol. The lowest BCUT2D eigenvalue weighted by Crippen LogP contribution is -2.33. The Morgan fingerprint density at radius 3 is 2.45 bits per heavy atom. The van der Waals surface area contributed by atoms with Crippen molar-refractivity contribution >= 4 is 15.9 Å². The van der Waals surface area contributed by atoms with Gasteiger partial charge in [-0.15, -0.1) is 0 Å². The first-order valence-electron chi connectivity index (χ1n) is 4.23. The SMILES string of the molecule is CC1(C)CC(C[C@@H](F)CBr)C1. The van der Waals surface area contributed by atoms with E-state index >= 15 is 0 Å². The van der Waals surface area contributed by atoms with Gasteiger partial charge in [0.05, 0.1) is 0 Å². The van der Waals surface area contributed by atoms with Crippen molar-refractivity contribution in [2.75, 3.05) is 5.33 Å². The van der Waals surface area contributed by atoms with Crippen LogP contribution in [0.4, 0.5) is 4.39 Å². The molecular formula is C9H16BrF. The molecule has 0 saturated heterocycles. The number of halogens is 2. The Morgan fingerprint density at radius 2 is 2.09 bits per heavy atom. The first kappa shape index (κ1) is 9.50. The van der Waals surface area contributed by atoms with Gasteiger partial charge in [0.25, 0.3) is 0 Å². The molecule has 0 aromatic rings. The van der Waals surface area contributed by atoms with E-state index in [-0.39, 0.29) is 0 Å². The van der Waals surface area contributed by atoms with E-state index < -0.39 is 6.17 Å². The molecule has 0 aliphatic heterocycles. The third-order valence-corrected chi connectivity index (χ3v) is 3.14. The van der Waals surface area contributed by atoms with E-state index in [2.05, 4.69) is 29.8 Å². The highest BCUT2D eigenvalue weighted by Gasteiger charge is 2.36. The molecule has 66 valence electrons. The highest BCUT2D eigenvalue weighted by atomic mass is 79.9. The van der Waals surface area contributed by atoms with Gasteiger partial charge in [-0.05, 0) is 30.6 Å². The molecule has 1 aliphatic carbocycles. The van der Waals surface area contributed by atoms with E-state index in [4.69, 9.17) is 0 Å². The maximum atomic E-state index is 12.8. The summed E-state index contributed by atoms with van der Waals surface area (Å²) >= 11 is 3.15. The van der Waals surface area contributed by atoms with E-state index in [0.29, 0.717) is 16.7 Å². The summed E-state index contributed by atoms with van der Waals surface area (Å²) in [5.74, 6) is 0.651. The van der Waals surface area contributed by atoms with Gasteiger partial charge in [0.2, 0.25) is 0 Å². The van der Waals surface area contributed by atoms with Crippen LogP contribution in [0.2, 0.25) is 0 Å². The molecule has 2 heteroatoms. The van der Waals surface area contributed by atoms with Crippen LogP contribution in [0.3, 0.4) is 0 Å².